The number of aliphatic carboxylic acids is 2. The first-order valence-electron chi connectivity index (χ1n) is 4.78. The molecule has 104 valence electrons. The molecule has 18 heavy (non-hydrogen) atoms. The van der Waals surface area contributed by atoms with Gasteiger partial charge < -0.3 is 25.2 Å². The van der Waals surface area contributed by atoms with Crippen molar-refractivity contribution in [1.82, 2.24) is 0 Å². The van der Waals surface area contributed by atoms with Gasteiger partial charge in [-0.2, -0.15) is 0 Å². The average molecular weight is 285 g/mol. The third kappa shape index (κ3) is 5.80. The van der Waals surface area contributed by atoms with E-state index in [1.165, 1.54) is 0 Å². The molecule has 0 rings (SSSR count). The number of alkyl halides is 1. The summed E-state index contributed by atoms with van der Waals surface area (Å²) >= 11 is 5.23. The minimum Gasteiger partial charge on any atom is -0.481 e. The van der Waals surface area contributed by atoms with Crippen molar-refractivity contribution in [2.45, 2.75) is 24.5 Å². The molecule has 0 aliphatic carbocycles. The molecule has 2 atom stereocenters. The lowest BCUT2D eigenvalue weighted by atomic mass is 9.96. The van der Waals surface area contributed by atoms with Crippen LogP contribution in [0.3, 0.4) is 0 Å². The number of carbonyl (C=O) groups is 3. The Morgan fingerprint density at radius 3 is 2.17 bits per heavy atom. The van der Waals surface area contributed by atoms with Crippen molar-refractivity contribution in [3.8, 4) is 0 Å². The summed E-state index contributed by atoms with van der Waals surface area (Å²) in [5, 5.41) is 35.6. The third-order valence-electron chi connectivity index (χ3n) is 1.89. The zero-order chi connectivity index (χ0) is 14.3. The standard InChI is InChI=1S/C9H13ClO8/c10-3-5(11)4-18-7(14)2-9(17,8(15)16)1-6(12)13/h5,11,17H,1-4H2,(H,12,13)(H,15,16). The van der Waals surface area contributed by atoms with Gasteiger partial charge in [0.1, 0.15) is 12.7 Å². The van der Waals surface area contributed by atoms with Gasteiger partial charge in [-0.15, -0.1) is 11.6 Å². The number of hydrogen-bond donors (Lipinski definition) is 4. The summed E-state index contributed by atoms with van der Waals surface area (Å²) in [7, 11) is 0. The van der Waals surface area contributed by atoms with Gasteiger partial charge in [-0.3, -0.25) is 9.59 Å². The van der Waals surface area contributed by atoms with E-state index in [-0.39, 0.29) is 5.88 Å². The highest BCUT2D eigenvalue weighted by atomic mass is 35.5. The van der Waals surface area contributed by atoms with Crippen LogP contribution in [0.1, 0.15) is 12.8 Å². The van der Waals surface area contributed by atoms with Crippen LogP contribution in [0.4, 0.5) is 0 Å². The summed E-state index contributed by atoms with van der Waals surface area (Å²) in [6, 6.07) is 0. The molecular weight excluding hydrogens is 272 g/mol. The van der Waals surface area contributed by atoms with E-state index in [2.05, 4.69) is 4.74 Å². The fourth-order valence-electron chi connectivity index (χ4n) is 0.987. The molecule has 0 heterocycles. The number of carbonyl (C=O) groups excluding carboxylic acids is 1. The van der Waals surface area contributed by atoms with E-state index < -0.39 is 49.1 Å². The fourth-order valence-corrected chi connectivity index (χ4v) is 1.08. The van der Waals surface area contributed by atoms with Crippen molar-refractivity contribution >= 4 is 29.5 Å². The summed E-state index contributed by atoms with van der Waals surface area (Å²) in [5.74, 6) is -4.76. The molecule has 0 aromatic carbocycles. The molecule has 0 saturated heterocycles. The molecule has 0 bridgehead atoms. The Morgan fingerprint density at radius 1 is 1.22 bits per heavy atom. The van der Waals surface area contributed by atoms with Crippen molar-refractivity contribution in [2.75, 3.05) is 12.5 Å². The molecule has 8 nitrogen and oxygen atoms in total. The van der Waals surface area contributed by atoms with E-state index in [0.29, 0.717) is 0 Å². The summed E-state index contributed by atoms with van der Waals surface area (Å²) < 4.78 is 4.43. The lowest BCUT2D eigenvalue weighted by Gasteiger charge is -2.20. The molecule has 0 aliphatic heterocycles. The molecule has 0 saturated carbocycles. The van der Waals surface area contributed by atoms with E-state index in [1.807, 2.05) is 0 Å². The highest BCUT2D eigenvalue weighted by Gasteiger charge is 2.41. The van der Waals surface area contributed by atoms with Gasteiger partial charge in [0.25, 0.3) is 0 Å². The number of carboxylic acids is 2. The molecule has 0 radical (unpaired) electrons. The molecule has 0 fully saturated rings. The summed E-state index contributed by atoms with van der Waals surface area (Å²) in [4.78, 5) is 32.2. The molecule has 2 unspecified atom stereocenters. The van der Waals surface area contributed by atoms with E-state index in [4.69, 9.17) is 26.9 Å². The van der Waals surface area contributed by atoms with Crippen LogP contribution < -0.4 is 0 Å². The number of ether oxygens (including phenoxy) is 1. The van der Waals surface area contributed by atoms with E-state index in [0.717, 1.165) is 0 Å². The Labute approximate surface area is 107 Å². The van der Waals surface area contributed by atoms with Crippen molar-refractivity contribution in [2.24, 2.45) is 0 Å². The van der Waals surface area contributed by atoms with Gasteiger partial charge in [0.15, 0.2) is 5.60 Å². The lowest BCUT2D eigenvalue weighted by molar-refractivity contribution is -0.172. The average Bonchev–Trinajstić information content (AvgIpc) is 2.24. The Kier molecular flexibility index (Phi) is 6.60. The molecule has 0 aromatic heterocycles. The van der Waals surface area contributed by atoms with Crippen molar-refractivity contribution in [1.29, 1.82) is 0 Å². The van der Waals surface area contributed by atoms with Crippen molar-refractivity contribution < 1.29 is 39.5 Å². The molecule has 0 aliphatic rings. The van der Waals surface area contributed by atoms with Crippen LogP contribution >= 0.6 is 11.6 Å². The minimum absolute atomic E-state index is 0.189. The minimum atomic E-state index is -2.74. The number of halogens is 1. The number of hydrogen-bond acceptors (Lipinski definition) is 6. The maximum absolute atomic E-state index is 11.2. The maximum Gasteiger partial charge on any atom is 0.336 e. The predicted molar refractivity (Wildman–Crippen MR) is 57.1 cm³/mol. The van der Waals surface area contributed by atoms with Crippen LogP contribution in [0.2, 0.25) is 0 Å². The first-order valence-corrected chi connectivity index (χ1v) is 5.32. The largest absolute Gasteiger partial charge is 0.481 e. The zero-order valence-electron chi connectivity index (χ0n) is 9.21. The van der Waals surface area contributed by atoms with Crippen molar-refractivity contribution in [3.63, 3.8) is 0 Å². The highest BCUT2D eigenvalue weighted by Crippen LogP contribution is 2.17. The number of aliphatic hydroxyl groups is 2. The van der Waals surface area contributed by atoms with Crippen LogP contribution in [0.5, 0.6) is 0 Å². The topological polar surface area (TPSA) is 141 Å². The number of esters is 1. The van der Waals surface area contributed by atoms with Gasteiger partial charge in [0.05, 0.1) is 18.7 Å². The SMILES string of the molecule is O=C(O)CC(O)(CC(=O)OCC(O)CCl)C(=O)O. The number of carboxylic acid groups (broad SMARTS) is 2. The Hall–Kier alpha value is -1.38. The van der Waals surface area contributed by atoms with Crippen LogP contribution in [-0.4, -0.2) is 62.5 Å². The zero-order valence-corrected chi connectivity index (χ0v) is 9.96. The van der Waals surface area contributed by atoms with Gasteiger partial charge in [-0.1, -0.05) is 0 Å². The van der Waals surface area contributed by atoms with Gasteiger partial charge in [0.2, 0.25) is 0 Å². The van der Waals surface area contributed by atoms with Crippen molar-refractivity contribution in [3.05, 3.63) is 0 Å². The second-order valence-corrected chi connectivity index (χ2v) is 3.88. The maximum atomic E-state index is 11.2. The smallest absolute Gasteiger partial charge is 0.336 e. The van der Waals surface area contributed by atoms with Crippen LogP contribution in [-0.2, 0) is 19.1 Å². The molecule has 0 aromatic rings. The fraction of sp³-hybridized carbons (Fsp3) is 0.667. The van der Waals surface area contributed by atoms with Crippen LogP contribution in [0.25, 0.3) is 0 Å². The van der Waals surface area contributed by atoms with Gasteiger partial charge in [-0.25, -0.2) is 4.79 Å². The monoisotopic (exact) mass is 284 g/mol. The van der Waals surface area contributed by atoms with Gasteiger partial charge in [0, 0.05) is 0 Å². The normalized spacial score (nSPS) is 15.5. The summed E-state index contributed by atoms with van der Waals surface area (Å²) in [6.45, 7) is -0.467. The highest BCUT2D eigenvalue weighted by molar-refractivity contribution is 6.18. The molecule has 0 spiro atoms. The summed E-state index contributed by atoms with van der Waals surface area (Å²) in [6.07, 6.45) is -3.30. The Bertz CT molecular complexity index is 331. The Morgan fingerprint density at radius 2 is 1.78 bits per heavy atom. The number of aliphatic hydroxyl groups excluding tert-OH is 1. The van der Waals surface area contributed by atoms with E-state index in [1.54, 1.807) is 0 Å². The second kappa shape index (κ2) is 7.14. The van der Waals surface area contributed by atoms with Crippen LogP contribution in [0.15, 0.2) is 0 Å². The molecule has 4 N–H and O–H groups in total. The van der Waals surface area contributed by atoms with E-state index in [9.17, 15) is 19.5 Å². The third-order valence-corrected chi connectivity index (χ3v) is 2.25. The summed E-state index contributed by atoms with van der Waals surface area (Å²) in [5.41, 5.74) is -2.74. The first kappa shape index (κ1) is 16.6. The molecule has 9 heteroatoms. The molecule has 0 amide bonds. The number of rotatable bonds is 8. The first-order chi connectivity index (χ1) is 8.21. The Balaban J connectivity index is 4.46. The molecular formula is C9H13ClO8. The van der Waals surface area contributed by atoms with Gasteiger partial charge >= 0.3 is 17.9 Å². The van der Waals surface area contributed by atoms with Crippen LogP contribution in [0, 0.1) is 0 Å². The lowest BCUT2D eigenvalue weighted by Crippen LogP contribution is -2.43. The van der Waals surface area contributed by atoms with Gasteiger partial charge in [-0.05, 0) is 0 Å². The van der Waals surface area contributed by atoms with E-state index >= 15 is 0 Å². The second-order valence-electron chi connectivity index (χ2n) is 3.58. The predicted octanol–water partition coefficient (Wildman–Crippen LogP) is -1.19. The quantitative estimate of drug-likeness (QED) is 0.322.